The molecule has 0 spiro atoms. The summed E-state index contributed by atoms with van der Waals surface area (Å²) in [7, 11) is 0. The van der Waals surface area contributed by atoms with E-state index >= 15 is 0 Å². The number of Topliss-reactive ketones (excluding diaryl/α,β-unsaturated/α-hetero) is 1. The van der Waals surface area contributed by atoms with Crippen LogP contribution >= 0.6 is 0 Å². The van der Waals surface area contributed by atoms with Crippen molar-refractivity contribution in [2.75, 3.05) is 0 Å². The number of hydrogen-bond acceptors (Lipinski definition) is 3. The van der Waals surface area contributed by atoms with Crippen molar-refractivity contribution in [1.29, 1.82) is 5.26 Å². The lowest BCUT2D eigenvalue weighted by Crippen LogP contribution is -2.17. The predicted octanol–water partition coefficient (Wildman–Crippen LogP) is 1.82. The number of carbonyl (C=O) groups is 1. The number of nitrogens with zero attached hydrogens (tertiary/aromatic N) is 1. The van der Waals surface area contributed by atoms with E-state index in [1.54, 1.807) is 32.0 Å². The molecule has 0 amide bonds. The number of hydrogen-bond donors (Lipinski definition) is 1. The van der Waals surface area contributed by atoms with Gasteiger partial charge in [0.15, 0.2) is 5.78 Å². The summed E-state index contributed by atoms with van der Waals surface area (Å²) in [5.41, 5.74) is 0.927. The van der Waals surface area contributed by atoms with E-state index in [4.69, 9.17) is 5.26 Å². The molecule has 1 N–H and O–H groups in total. The largest absolute Gasteiger partial charge is 0.381 e. The van der Waals surface area contributed by atoms with Gasteiger partial charge in [0, 0.05) is 5.92 Å². The fourth-order valence-corrected chi connectivity index (χ4v) is 1.26. The Morgan fingerprint density at radius 2 is 2.13 bits per heavy atom. The monoisotopic (exact) mass is 203 g/mol. The summed E-state index contributed by atoms with van der Waals surface area (Å²) in [5, 5.41) is 18.4. The second-order valence-electron chi connectivity index (χ2n) is 3.70. The van der Waals surface area contributed by atoms with Crippen molar-refractivity contribution in [3.8, 4) is 6.07 Å². The third-order valence-electron chi connectivity index (χ3n) is 2.17. The van der Waals surface area contributed by atoms with E-state index in [1.165, 1.54) is 6.07 Å². The molecule has 0 heterocycles. The molecule has 1 aromatic carbocycles. The first-order valence-corrected chi connectivity index (χ1v) is 4.78. The van der Waals surface area contributed by atoms with Gasteiger partial charge in [-0.1, -0.05) is 26.0 Å². The number of nitriles is 1. The summed E-state index contributed by atoms with van der Waals surface area (Å²) in [6.45, 7) is 3.47. The summed E-state index contributed by atoms with van der Waals surface area (Å²) in [5.74, 6) is -0.448. The quantitative estimate of drug-likeness (QED) is 0.815. The zero-order valence-corrected chi connectivity index (χ0v) is 8.77. The van der Waals surface area contributed by atoms with Crippen molar-refractivity contribution >= 4 is 5.78 Å². The number of carbonyl (C=O) groups excluding carboxylic acids is 1. The molecule has 0 saturated carbocycles. The van der Waals surface area contributed by atoms with E-state index in [9.17, 15) is 9.90 Å². The van der Waals surface area contributed by atoms with Crippen LogP contribution < -0.4 is 0 Å². The molecule has 3 nitrogen and oxygen atoms in total. The molecule has 0 bridgehead atoms. The molecule has 0 aromatic heterocycles. The van der Waals surface area contributed by atoms with Crippen LogP contribution in [0.1, 0.15) is 31.1 Å². The average Bonchev–Trinajstić information content (AvgIpc) is 2.27. The van der Waals surface area contributed by atoms with Crippen LogP contribution in [0.5, 0.6) is 0 Å². The van der Waals surface area contributed by atoms with Crippen molar-refractivity contribution < 1.29 is 9.90 Å². The lowest BCUT2D eigenvalue weighted by molar-refractivity contribution is -0.130. The second kappa shape index (κ2) is 4.72. The summed E-state index contributed by atoms with van der Waals surface area (Å²) >= 11 is 0. The molecular weight excluding hydrogens is 190 g/mol. The maximum absolute atomic E-state index is 11.5. The minimum atomic E-state index is -1.13. The van der Waals surface area contributed by atoms with E-state index in [0.29, 0.717) is 11.1 Å². The molecule has 0 radical (unpaired) electrons. The first kappa shape index (κ1) is 11.4. The van der Waals surface area contributed by atoms with Gasteiger partial charge in [-0.25, -0.2) is 0 Å². The molecule has 78 valence electrons. The Morgan fingerprint density at radius 1 is 1.47 bits per heavy atom. The number of aliphatic hydroxyl groups excluding tert-OH is 1. The number of benzene rings is 1. The van der Waals surface area contributed by atoms with Gasteiger partial charge in [0.1, 0.15) is 6.10 Å². The Bertz CT molecular complexity index is 404. The van der Waals surface area contributed by atoms with Crippen LogP contribution in [-0.4, -0.2) is 10.9 Å². The first-order chi connectivity index (χ1) is 7.06. The van der Waals surface area contributed by atoms with Gasteiger partial charge in [-0.05, 0) is 17.7 Å². The van der Waals surface area contributed by atoms with Crippen molar-refractivity contribution in [2.45, 2.75) is 20.0 Å². The maximum atomic E-state index is 11.5. The average molecular weight is 203 g/mol. The van der Waals surface area contributed by atoms with Gasteiger partial charge < -0.3 is 5.11 Å². The SMILES string of the molecule is CC(C)C(=O)[C@@H](O)c1cccc(C#N)c1. The zero-order valence-electron chi connectivity index (χ0n) is 8.77. The van der Waals surface area contributed by atoms with Crippen LogP contribution in [-0.2, 0) is 4.79 Å². The molecule has 0 unspecified atom stereocenters. The van der Waals surface area contributed by atoms with Gasteiger partial charge in [-0.3, -0.25) is 4.79 Å². The fourth-order valence-electron chi connectivity index (χ4n) is 1.26. The topological polar surface area (TPSA) is 61.1 Å². The Balaban J connectivity index is 2.97. The number of ketones is 1. The van der Waals surface area contributed by atoms with Gasteiger partial charge >= 0.3 is 0 Å². The Hall–Kier alpha value is -1.66. The molecule has 1 rings (SSSR count). The molecule has 3 heteroatoms. The second-order valence-corrected chi connectivity index (χ2v) is 3.70. The Kier molecular flexibility index (Phi) is 3.59. The van der Waals surface area contributed by atoms with Gasteiger partial charge in [0.2, 0.25) is 0 Å². The summed E-state index contributed by atoms with van der Waals surface area (Å²) < 4.78 is 0. The minimum absolute atomic E-state index is 0.217. The molecule has 15 heavy (non-hydrogen) atoms. The lowest BCUT2D eigenvalue weighted by atomic mass is 9.97. The lowest BCUT2D eigenvalue weighted by Gasteiger charge is -2.12. The van der Waals surface area contributed by atoms with Crippen LogP contribution in [0.25, 0.3) is 0 Å². The zero-order chi connectivity index (χ0) is 11.4. The van der Waals surface area contributed by atoms with Crippen LogP contribution in [0.4, 0.5) is 0 Å². The Labute approximate surface area is 89.0 Å². The molecule has 0 aliphatic heterocycles. The molecule has 0 fully saturated rings. The normalized spacial score (nSPS) is 12.2. The fraction of sp³-hybridized carbons (Fsp3) is 0.333. The van der Waals surface area contributed by atoms with Crippen molar-refractivity contribution in [1.82, 2.24) is 0 Å². The van der Waals surface area contributed by atoms with Crippen LogP contribution in [0.3, 0.4) is 0 Å². The van der Waals surface area contributed by atoms with Crippen LogP contribution in [0.15, 0.2) is 24.3 Å². The highest BCUT2D eigenvalue weighted by Crippen LogP contribution is 2.18. The van der Waals surface area contributed by atoms with E-state index in [1.807, 2.05) is 6.07 Å². The van der Waals surface area contributed by atoms with Crippen LogP contribution in [0, 0.1) is 17.2 Å². The molecular formula is C12H13NO2. The molecule has 0 saturated heterocycles. The van der Waals surface area contributed by atoms with Gasteiger partial charge in [0.05, 0.1) is 11.6 Å². The third kappa shape index (κ3) is 2.64. The third-order valence-corrected chi connectivity index (χ3v) is 2.17. The standard InChI is InChI=1S/C12H13NO2/c1-8(2)11(14)12(15)10-5-3-4-9(6-10)7-13/h3-6,8,12,15H,1-2H3/t12-/m0/s1. The molecule has 1 aromatic rings. The predicted molar refractivity (Wildman–Crippen MR) is 56.0 cm³/mol. The number of rotatable bonds is 3. The van der Waals surface area contributed by atoms with Crippen molar-refractivity contribution in [2.24, 2.45) is 5.92 Å². The summed E-state index contributed by atoms with van der Waals surface area (Å²) in [6.07, 6.45) is -1.13. The molecule has 0 aliphatic carbocycles. The summed E-state index contributed by atoms with van der Waals surface area (Å²) in [4.78, 5) is 11.5. The smallest absolute Gasteiger partial charge is 0.168 e. The highest BCUT2D eigenvalue weighted by molar-refractivity contribution is 5.85. The first-order valence-electron chi connectivity index (χ1n) is 4.78. The van der Waals surface area contributed by atoms with E-state index in [-0.39, 0.29) is 11.7 Å². The highest BCUT2D eigenvalue weighted by Gasteiger charge is 2.20. The minimum Gasteiger partial charge on any atom is -0.381 e. The van der Waals surface area contributed by atoms with Crippen molar-refractivity contribution in [3.05, 3.63) is 35.4 Å². The Morgan fingerprint density at radius 3 is 2.67 bits per heavy atom. The molecule has 0 aliphatic rings. The van der Waals surface area contributed by atoms with Gasteiger partial charge in [0.25, 0.3) is 0 Å². The van der Waals surface area contributed by atoms with E-state index in [2.05, 4.69) is 0 Å². The maximum Gasteiger partial charge on any atom is 0.168 e. The molecule has 1 atom stereocenters. The van der Waals surface area contributed by atoms with Crippen molar-refractivity contribution in [3.63, 3.8) is 0 Å². The summed E-state index contributed by atoms with van der Waals surface area (Å²) in [6, 6.07) is 8.44. The van der Waals surface area contributed by atoms with Gasteiger partial charge in [-0.2, -0.15) is 5.26 Å². The highest BCUT2D eigenvalue weighted by atomic mass is 16.3. The van der Waals surface area contributed by atoms with Crippen LogP contribution in [0.2, 0.25) is 0 Å². The van der Waals surface area contributed by atoms with E-state index in [0.717, 1.165) is 0 Å². The number of aliphatic hydroxyl groups is 1. The van der Waals surface area contributed by atoms with Gasteiger partial charge in [-0.15, -0.1) is 0 Å². The van der Waals surface area contributed by atoms with E-state index < -0.39 is 6.10 Å².